The average Bonchev–Trinajstić information content (AvgIpc) is 2.63. The van der Waals surface area contributed by atoms with E-state index in [9.17, 15) is 9.59 Å². The van der Waals surface area contributed by atoms with Gasteiger partial charge < -0.3 is 10.2 Å². The summed E-state index contributed by atoms with van der Waals surface area (Å²) in [4.78, 5) is 26.5. The van der Waals surface area contributed by atoms with E-state index < -0.39 is 6.04 Å². The van der Waals surface area contributed by atoms with E-state index in [0.29, 0.717) is 18.0 Å². The van der Waals surface area contributed by atoms with Gasteiger partial charge in [0.2, 0.25) is 11.8 Å². The fourth-order valence-electron chi connectivity index (χ4n) is 2.66. The number of likely N-dealkylation sites (N-methyl/N-ethyl adjacent to an activating group) is 1. The highest BCUT2D eigenvalue weighted by Gasteiger charge is 2.24. The van der Waals surface area contributed by atoms with Crippen LogP contribution in [0.4, 0.5) is 0 Å². The van der Waals surface area contributed by atoms with E-state index in [-0.39, 0.29) is 18.2 Å². The summed E-state index contributed by atoms with van der Waals surface area (Å²) in [6.07, 6.45) is 0.946. The minimum Gasteiger partial charge on any atom is -0.357 e. The van der Waals surface area contributed by atoms with Crippen molar-refractivity contribution in [1.82, 2.24) is 10.2 Å². The number of rotatable bonds is 7. The Kier molecular flexibility index (Phi) is 7.02. The first-order valence-electron chi connectivity index (χ1n) is 8.30. The zero-order chi connectivity index (χ0) is 18.2. The Hall–Kier alpha value is -2.33. The third-order valence-corrected chi connectivity index (χ3v) is 4.42. The highest BCUT2D eigenvalue weighted by atomic mass is 35.5. The van der Waals surface area contributed by atoms with Crippen molar-refractivity contribution in [2.24, 2.45) is 0 Å². The molecule has 2 aromatic rings. The second-order valence-corrected chi connectivity index (χ2v) is 6.35. The molecule has 2 rings (SSSR count). The van der Waals surface area contributed by atoms with Crippen LogP contribution in [0.5, 0.6) is 0 Å². The van der Waals surface area contributed by atoms with Crippen LogP contribution in [-0.2, 0) is 22.4 Å². The number of amides is 2. The number of halogens is 1. The summed E-state index contributed by atoms with van der Waals surface area (Å²) in [5, 5.41) is 3.25. The van der Waals surface area contributed by atoms with E-state index in [4.69, 9.17) is 11.6 Å². The van der Waals surface area contributed by atoms with Crippen LogP contribution in [-0.4, -0.2) is 36.3 Å². The van der Waals surface area contributed by atoms with Crippen LogP contribution >= 0.6 is 11.6 Å². The predicted octanol–water partition coefficient (Wildman–Crippen LogP) is 3.09. The van der Waals surface area contributed by atoms with Crippen LogP contribution in [0.3, 0.4) is 0 Å². The number of carbonyl (C=O) groups excluding carboxylic acids is 2. The van der Waals surface area contributed by atoms with E-state index in [0.717, 1.165) is 11.1 Å². The van der Waals surface area contributed by atoms with E-state index in [1.807, 2.05) is 42.5 Å². The molecular weight excluding hydrogens is 336 g/mol. The molecule has 0 aliphatic rings. The van der Waals surface area contributed by atoms with Gasteiger partial charge in [-0.3, -0.25) is 9.59 Å². The van der Waals surface area contributed by atoms with Crippen LogP contribution in [0, 0.1) is 0 Å². The Balaban J connectivity index is 2.10. The van der Waals surface area contributed by atoms with Crippen LogP contribution in [0.15, 0.2) is 54.6 Å². The molecule has 0 unspecified atom stereocenters. The van der Waals surface area contributed by atoms with Crippen LogP contribution < -0.4 is 5.32 Å². The van der Waals surface area contributed by atoms with Crippen molar-refractivity contribution >= 4 is 23.4 Å². The number of carbonyl (C=O) groups is 2. The van der Waals surface area contributed by atoms with Crippen molar-refractivity contribution in [3.05, 3.63) is 70.7 Å². The Morgan fingerprint density at radius 2 is 1.68 bits per heavy atom. The molecule has 1 N–H and O–H groups in total. The lowest BCUT2D eigenvalue weighted by Gasteiger charge is -2.28. The Morgan fingerprint density at radius 3 is 2.28 bits per heavy atom. The van der Waals surface area contributed by atoms with E-state index in [2.05, 4.69) is 5.32 Å². The van der Waals surface area contributed by atoms with Gasteiger partial charge in [-0.15, -0.1) is 0 Å². The van der Waals surface area contributed by atoms with Crippen LogP contribution in [0.1, 0.15) is 18.1 Å². The van der Waals surface area contributed by atoms with Crippen LogP contribution in [0.25, 0.3) is 0 Å². The molecule has 25 heavy (non-hydrogen) atoms. The van der Waals surface area contributed by atoms with Crippen molar-refractivity contribution in [3.63, 3.8) is 0 Å². The average molecular weight is 359 g/mol. The van der Waals surface area contributed by atoms with Gasteiger partial charge >= 0.3 is 0 Å². The van der Waals surface area contributed by atoms with Gasteiger partial charge in [-0.2, -0.15) is 0 Å². The smallest absolute Gasteiger partial charge is 0.242 e. The number of hydrogen-bond donors (Lipinski definition) is 1. The fraction of sp³-hybridized carbons (Fsp3) is 0.300. The first-order valence-corrected chi connectivity index (χ1v) is 8.68. The lowest BCUT2D eigenvalue weighted by molar-refractivity contribution is -0.139. The molecule has 2 amide bonds. The quantitative estimate of drug-likeness (QED) is 0.826. The minimum absolute atomic E-state index is 0.0747. The summed E-state index contributed by atoms with van der Waals surface area (Å²) in [7, 11) is 1.58. The van der Waals surface area contributed by atoms with E-state index in [1.165, 1.54) is 0 Å². The van der Waals surface area contributed by atoms with Gasteiger partial charge in [0.15, 0.2) is 0 Å². The summed E-state index contributed by atoms with van der Waals surface area (Å²) >= 11 is 5.89. The summed E-state index contributed by atoms with van der Waals surface area (Å²) in [5.74, 6) is -0.244. The molecule has 0 spiro atoms. The van der Waals surface area contributed by atoms with Gasteiger partial charge in [0.1, 0.15) is 6.04 Å². The van der Waals surface area contributed by atoms with Gasteiger partial charge in [0.05, 0.1) is 6.42 Å². The molecule has 4 nitrogen and oxygen atoms in total. The fourth-order valence-corrected chi connectivity index (χ4v) is 2.78. The first kappa shape index (κ1) is 19.0. The molecule has 0 fully saturated rings. The molecule has 0 aliphatic heterocycles. The molecule has 132 valence electrons. The van der Waals surface area contributed by atoms with Crippen LogP contribution in [0.2, 0.25) is 5.02 Å². The van der Waals surface area contributed by atoms with Gasteiger partial charge in [0, 0.05) is 18.6 Å². The van der Waals surface area contributed by atoms with E-state index >= 15 is 0 Å². The summed E-state index contributed by atoms with van der Waals surface area (Å²) < 4.78 is 0. The summed E-state index contributed by atoms with van der Waals surface area (Å²) in [6.45, 7) is 2.24. The second-order valence-electron chi connectivity index (χ2n) is 5.92. The molecule has 0 saturated carbocycles. The minimum atomic E-state index is -0.520. The topological polar surface area (TPSA) is 49.4 Å². The highest BCUT2D eigenvalue weighted by molar-refractivity contribution is 6.30. The normalized spacial score (nSPS) is 11.6. The molecule has 0 saturated heterocycles. The Morgan fingerprint density at radius 1 is 1.04 bits per heavy atom. The zero-order valence-corrected chi connectivity index (χ0v) is 15.3. The van der Waals surface area contributed by atoms with Gasteiger partial charge in [-0.05, 0) is 36.6 Å². The monoisotopic (exact) mass is 358 g/mol. The lowest BCUT2D eigenvalue weighted by Crippen LogP contribution is -2.48. The van der Waals surface area contributed by atoms with E-state index in [1.54, 1.807) is 31.0 Å². The molecule has 0 bridgehead atoms. The molecule has 0 radical (unpaired) electrons. The Labute approximate surface area is 153 Å². The third kappa shape index (κ3) is 5.61. The lowest BCUT2D eigenvalue weighted by atomic mass is 10.1. The molecule has 0 aliphatic carbocycles. The SMILES string of the molecule is CNC(=O)[C@@H](C)N(CCc1ccccc1)C(=O)Cc1ccc(Cl)cc1. The Bertz CT molecular complexity index is 701. The third-order valence-electron chi connectivity index (χ3n) is 4.17. The van der Waals surface area contributed by atoms with Gasteiger partial charge in [-0.1, -0.05) is 54.1 Å². The number of benzene rings is 2. The van der Waals surface area contributed by atoms with Crippen molar-refractivity contribution in [1.29, 1.82) is 0 Å². The van der Waals surface area contributed by atoms with Crippen molar-refractivity contribution < 1.29 is 9.59 Å². The molecule has 2 aromatic carbocycles. The maximum absolute atomic E-state index is 12.8. The zero-order valence-electron chi connectivity index (χ0n) is 14.5. The molecule has 1 atom stereocenters. The van der Waals surface area contributed by atoms with Gasteiger partial charge in [-0.25, -0.2) is 0 Å². The van der Waals surface area contributed by atoms with Gasteiger partial charge in [0.25, 0.3) is 0 Å². The molecular formula is C20H23ClN2O2. The number of nitrogens with one attached hydrogen (secondary N) is 1. The highest BCUT2D eigenvalue weighted by Crippen LogP contribution is 2.13. The summed E-state index contributed by atoms with van der Waals surface area (Å²) in [5.41, 5.74) is 2.01. The second kappa shape index (κ2) is 9.23. The molecule has 0 aromatic heterocycles. The standard InChI is InChI=1S/C20H23ClN2O2/c1-15(20(25)22-2)23(13-12-16-6-4-3-5-7-16)19(24)14-17-8-10-18(21)11-9-17/h3-11,15H,12-14H2,1-2H3,(H,22,25)/t15-/m1/s1. The predicted molar refractivity (Wildman–Crippen MR) is 101 cm³/mol. The molecule has 5 heteroatoms. The first-order chi connectivity index (χ1) is 12.0. The number of nitrogens with zero attached hydrogens (tertiary/aromatic N) is 1. The maximum Gasteiger partial charge on any atom is 0.242 e. The largest absolute Gasteiger partial charge is 0.357 e. The maximum atomic E-state index is 12.8. The number of hydrogen-bond acceptors (Lipinski definition) is 2. The molecule has 0 heterocycles. The van der Waals surface area contributed by atoms with Crippen molar-refractivity contribution in [3.8, 4) is 0 Å². The van der Waals surface area contributed by atoms with Crippen molar-refractivity contribution in [2.45, 2.75) is 25.8 Å². The summed E-state index contributed by atoms with van der Waals surface area (Å²) in [6, 6.07) is 16.6. The van der Waals surface area contributed by atoms with Crippen molar-refractivity contribution in [2.75, 3.05) is 13.6 Å².